The van der Waals surface area contributed by atoms with Crippen LogP contribution in [0.3, 0.4) is 0 Å². The van der Waals surface area contributed by atoms with Gasteiger partial charge in [0.2, 0.25) is 5.91 Å². The maximum Gasteiger partial charge on any atom is 0.220 e. The largest absolute Gasteiger partial charge is 0.369 e. The molecule has 1 amide bonds. The first-order valence-corrected chi connectivity index (χ1v) is 4.97. The highest BCUT2D eigenvalue weighted by molar-refractivity contribution is 5.76. The summed E-state index contributed by atoms with van der Waals surface area (Å²) in [6.45, 7) is 4.11. The van der Waals surface area contributed by atoms with Crippen molar-refractivity contribution in [3.8, 4) is 0 Å². The van der Waals surface area contributed by atoms with Gasteiger partial charge in [0.05, 0.1) is 0 Å². The highest BCUT2D eigenvalue weighted by Gasteiger charge is 2.06. The van der Waals surface area contributed by atoms with Gasteiger partial charge in [-0.3, -0.25) is 4.79 Å². The standard InChI is InChI=1S/C10H21NO/c1-3-4-5-6-7-8-9(2)10(11)12/h9H,3-8H2,1-2H3,(H2,11,12)/t9-/m1/s1. The van der Waals surface area contributed by atoms with E-state index in [-0.39, 0.29) is 11.8 Å². The molecule has 2 N–H and O–H groups in total. The van der Waals surface area contributed by atoms with E-state index in [1.165, 1.54) is 25.7 Å². The predicted molar refractivity (Wildman–Crippen MR) is 51.7 cm³/mol. The third-order valence-corrected chi connectivity index (χ3v) is 2.23. The monoisotopic (exact) mass is 171 g/mol. The lowest BCUT2D eigenvalue weighted by Gasteiger charge is -2.05. The van der Waals surface area contributed by atoms with Crippen LogP contribution in [-0.2, 0) is 4.79 Å². The van der Waals surface area contributed by atoms with Gasteiger partial charge in [-0.2, -0.15) is 0 Å². The second kappa shape index (κ2) is 7.14. The van der Waals surface area contributed by atoms with Gasteiger partial charge in [0.25, 0.3) is 0 Å². The molecule has 72 valence electrons. The van der Waals surface area contributed by atoms with Crippen LogP contribution in [-0.4, -0.2) is 5.91 Å². The predicted octanol–water partition coefficient (Wildman–Crippen LogP) is 2.47. The lowest BCUT2D eigenvalue weighted by Crippen LogP contribution is -2.20. The van der Waals surface area contributed by atoms with E-state index in [2.05, 4.69) is 6.92 Å². The molecule has 0 radical (unpaired) electrons. The zero-order valence-corrected chi connectivity index (χ0v) is 8.31. The van der Waals surface area contributed by atoms with Crippen LogP contribution >= 0.6 is 0 Å². The van der Waals surface area contributed by atoms with Crippen molar-refractivity contribution in [1.82, 2.24) is 0 Å². The molecule has 2 nitrogen and oxygen atoms in total. The van der Waals surface area contributed by atoms with Crippen molar-refractivity contribution in [1.29, 1.82) is 0 Å². The number of carbonyl (C=O) groups excluding carboxylic acids is 1. The van der Waals surface area contributed by atoms with Crippen molar-refractivity contribution in [3.05, 3.63) is 0 Å². The number of hydrogen-bond acceptors (Lipinski definition) is 1. The first kappa shape index (κ1) is 11.5. The molecule has 0 bridgehead atoms. The highest BCUT2D eigenvalue weighted by atomic mass is 16.1. The van der Waals surface area contributed by atoms with Gasteiger partial charge in [-0.15, -0.1) is 0 Å². The van der Waals surface area contributed by atoms with Crippen molar-refractivity contribution < 1.29 is 4.79 Å². The Morgan fingerprint density at radius 3 is 2.33 bits per heavy atom. The summed E-state index contributed by atoms with van der Waals surface area (Å²) in [6, 6.07) is 0. The average Bonchev–Trinajstić information content (AvgIpc) is 2.03. The van der Waals surface area contributed by atoms with Crippen LogP contribution in [0.4, 0.5) is 0 Å². The number of amides is 1. The van der Waals surface area contributed by atoms with E-state index in [0.717, 1.165) is 12.8 Å². The first-order valence-electron chi connectivity index (χ1n) is 4.97. The Hall–Kier alpha value is -0.530. The van der Waals surface area contributed by atoms with E-state index < -0.39 is 0 Å². The summed E-state index contributed by atoms with van der Waals surface area (Å²) in [4.78, 5) is 10.6. The van der Waals surface area contributed by atoms with E-state index in [9.17, 15) is 4.79 Å². The SMILES string of the molecule is CCCCCCC[C@@H](C)C(N)=O. The van der Waals surface area contributed by atoms with Crippen molar-refractivity contribution in [2.45, 2.75) is 52.4 Å². The number of carbonyl (C=O) groups is 1. The molecule has 12 heavy (non-hydrogen) atoms. The van der Waals surface area contributed by atoms with Crippen LogP contribution in [0.1, 0.15) is 52.4 Å². The van der Waals surface area contributed by atoms with E-state index in [4.69, 9.17) is 5.73 Å². The highest BCUT2D eigenvalue weighted by Crippen LogP contribution is 2.10. The number of nitrogens with two attached hydrogens (primary N) is 1. The van der Waals surface area contributed by atoms with Gasteiger partial charge in [0, 0.05) is 5.92 Å². The molecule has 0 aromatic heterocycles. The summed E-state index contributed by atoms with van der Waals surface area (Å²) in [5.41, 5.74) is 5.14. The summed E-state index contributed by atoms with van der Waals surface area (Å²) in [5, 5.41) is 0. The average molecular weight is 171 g/mol. The number of unbranched alkanes of at least 4 members (excludes halogenated alkanes) is 4. The Kier molecular flexibility index (Phi) is 6.82. The molecule has 2 heteroatoms. The summed E-state index contributed by atoms with van der Waals surface area (Å²) < 4.78 is 0. The molecule has 0 rings (SSSR count). The molecule has 0 saturated carbocycles. The fourth-order valence-electron chi connectivity index (χ4n) is 1.20. The minimum atomic E-state index is -0.162. The van der Waals surface area contributed by atoms with Crippen LogP contribution in [0.25, 0.3) is 0 Å². The maximum atomic E-state index is 10.6. The Morgan fingerprint density at radius 2 is 1.83 bits per heavy atom. The fraction of sp³-hybridized carbons (Fsp3) is 0.900. The third-order valence-electron chi connectivity index (χ3n) is 2.23. The van der Waals surface area contributed by atoms with E-state index in [0.29, 0.717) is 0 Å². The van der Waals surface area contributed by atoms with Crippen molar-refractivity contribution in [2.75, 3.05) is 0 Å². The van der Waals surface area contributed by atoms with E-state index >= 15 is 0 Å². The zero-order chi connectivity index (χ0) is 9.40. The third kappa shape index (κ3) is 6.20. The van der Waals surface area contributed by atoms with E-state index in [1.807, 2.05) is 6.92 Å². The Morgan fingerprint density at radius 1 is 1.25 bits per heavy atom. The second-order valence-electron chi connectivity index (χ2n) is 3.51. The summed E-state index contributed by atoms with van der Waals surface area (Å²) in [6.07, 6.45) is 7.22. The lowest BCUT2D eigenvalue weighted by molar-refractivity contribution is -0.121. The molecule has 0 spiro atoms. The van der Waals surface area contributed by atoms with Crippen LogP contribution < -0.4 is 5.73 Å². The molecule has 0 aliphatic heterocycles. The van der Waals surface area contributed by atoms with Crippen LogP contribution in [0.15, 0.2) is 0 Å². The summed E-state index contributed by atoms with van der Waals surface area (Å²) >= 11 is 0. The Labute approximate surface area is 75.5 Å². The minimum Gasteiger partial charge on any atom is -0.369 e. The Bertz CT molecular complexity index is 123. The van der Waals surface area contributed by atoms with Gasteiger partial charge in [0.15, 0.2) is 0 Å². The van der Waals surface area contributed by atoms with Gasteiger partial charge in [-0.05, 0) is 6.42 Å². The fourth-order valence-corrected chi connectivity index (χ4v) is 1.20. The zero-order valence-electron chi connectivity index (χ0n) is 8.31. The van der Waals surface area contributed by atoms with Gasteiger partial charge >= 0.3 is 0 Å². The van der Waals surface area contributed by atoms with Crippen LogP contribution in [0, 0.1) is 5.92 Å². The molecule has 0 aliphatic rings. The topological polar surface area (TPSA) is 43.1 Å². The quantitative estimate of drug-likeness (QED) is 0.587. The maximum absolute atomic E-state index is 10.6. The molecule has 0 heterocycles. The number of primary amides is 1. The first-order chi connectivity index (χ1) is 5.68. The van der Waals surface area contributed by atoms with Gasteiger partial charge < -0.3 is 5.73 Å². The number of rotatable bonds is 7. The molecule has 0 saturated heterocycles. The molecule has 1 atom stereocenters. The second-order valence-corrected chi connectivity index (χ2v) is 3.51. The molecule has 0 fully saturated rings. The summed E-state index contributed by atoms with van der Waals surface area (Å²) in [5.74, 6) is -0.0999. The van der Waals surface area contributed by atoms with Gasteiger partial charge in [0.1, 0.15) is 0 Å². The molecular weight excluding hydrogens is 150 g/mol. The Balaban J connectivity index is 3.14. The van der Waals surface area contributed by atoms with Crippen molar-refractivity contribution in [2.24, 2.45) is 11.7 Å². The molecule has 0 unspecified atom stereocenters. The minimum absolute atomic E-state index is 0.0617. The smallest absolute Gasteiger partial charge is 0.220 e. The molecule has 0 aromatic rings. The van der Waals surface area contributed by atoms with Gasteiger partial charge in [-0.25, -0.2) is 0 Å². The normalized spacial score (nSPS) is 12.8. The van der Waals surface area contributed by atoms with Crippen LogP contribution in [0.2, 0.25) is 0 Å². The molecular formula is C10H21NO. The number of hydrogen-bond donors (Lipinski definition) is 1. The van der Waals surface area contributed by atoms with Crippen molar-refractivity contribution in [3.63, 3.8) is 0 Å². The lowest BCUT2D eigenvalue weighted by atomic mass is 10.0. The van der Waals surface area contributed by atoms with Gasteiger partial charge in [-0.1, -0.05) is 46.0 Å². The van der Waals surface area contributed by atoms with E-state index in [1.54, 1.807) is 0 Å². The molecule has 0 aromatic carbocycles. The molecule has 0 aliphatic carbocycles. The van der Waals surface area contributed by atoms with Crippen molar-refractivity contribution >= 4 is 5.91 Å². The van der Waals surface area contributed by atoms with Crippen LogP contribution in [0.5, 0.6) is 0 Å². The summed E-state index contributed by atoms with van der Waals surface area (Å²) in [7, 11) is 0.